The lowest BCUT2D eigenvalue weighted by Gasteiger charge is -2.13. The van der Waals surface area contributed by atoms with Gasteiger partial charge in [-0.05, 0) is 54.1 Å². The number of rotatable bonds is 9. The highest BCUT2D eigenvalue weighted by Crippen LogP contribution is 2.36. The van der Waals surface area contributed by atoms with Crippen LogP contribution in [0.2, 0.25) is 5.02 Å². The molecule has 9 heteroatoms. The first-order chi connectivity index (χ1) is 15.4. The summed E-state index contributed by atoms with van der Waals surface area (Å²) < 4.78 is 29.1. The predicted molar refractivity (Wildman–Crippen MR) is 117 cm³/mol. The second kappa shape index (κ2) is 10.5. The Morgan fingerprint density at radius 2 is 1.66 bits per heavy atom. The van der Waals surface area contributed by atoms with Crippen LogP contribution in [0.25, 0.3) is 0 Å². The summed E-state index contributed by atoms with van der Waals surface area (Å²) in [5.74, 6) is 0.0382. The number of ether oxygens (including phenoxy) is 3. The second-order valence-corrected chi connectivity index (χ2v) is 7.03. The van der Waals surface area contributed by atoms with Gasteiger partial charge in [-0.15, -0.1) is 0 Å². The van der Waals surface area contributed by atoms with Crippen LogP contribution in [0.15, 0.2) is 60.7 Å². The lowest BCUT2D eigenvalue weighted by Crippen LogP contribution is -2.23. The maximum Gasteiger partial charge on any atom is 0.255 e. The number of benzene rings is 3. The number of carbonyl (C=O) groups excluding carboxylic acids is 2. The van der Waals surface area contributed by atoms with E-state index in [2.05, 4.69) is 5.32 Å². The summed E-state index contributed by atoms with van der Waals surface area (Å²) in [5, 5.41) is 2.90. The highest BCUT2D eigenvalue weighted by Gasteiger charge is 2.16. The van der Waals surface area contributed by atoms with E-state index in [1.807, 2.05) is 0 Å². The SMILES string of the molecule is COc1cc(C(=O)NCc2ccc(Oc3ccc(F)cc3)cc2)cc(Cl)c1OCC(N)=O. The number of carbonyl (C=O) groups is 2. The third-order valence-electron chi connectivity index (χ3n) is 4.28. The molecule has 0 bridgehead atoms. The molecule has 3 aromatic carbocycles. The Morgan fingerprint density at radius 3 is 2.25 bits per heavy atom. The quantitative estimate of drug-likeness (QED) is 0.503. The van der Waals surface area contributed by atoms with Gasteiger partial charge in [-0.1, -0.05) is 23.7 Å². The highest BCUT2D eigenvalue weighted by molar-refractivity contribution is 6.32. The minimum atomic E-state index is -0.668. The third kappa shape index (κ3) is 6.12. The molecule has 0 atom stereocenters. The molecule has 7 nitrogen and oxygen atoms in total. The summed E-state index contributed by atoms with van der Waals surface area (Å²) in [5.41, 5.74) is 6.17. The Balaban J connectivity index is 1.61. The first-order valence-corrected chi connectivity index (χ1v) is 9.82. The average molecular weight is 459 g/mol. The van der Waals surface area contributed by atoms with Gasteiger partial charge in [0.15, 0.2) is 18.1 Å². The number of amides is 2. The van der Waals surface area contributed by atoms with Crippen LogP contribution in [-0.4, -0.2) is 25.5 Å². The molecule has 0 aromatic heterocycles. The maximum atomic E-state index is 13.0. The molecule has 0 unspecified atom stereocenters. The number of hydrogen-bond acceptors (Lipinski definition) is 5. The van der Waals surface area contributed by atoms with E-state index in [1.54, 1.807) is 24.3 Å². The van der Waals surface area contributed by atoms with Gasteiger partial charge in [0.25, 0.3) is 11.8 Å². The summed E-state index contributed by atoms with van der Waals surface area (Å²) in [6, 6.07) is 15.7. The van der Waals surface area contributed by atoms with E-state index in [1.165, 1.54) is 43.5 Å². The van der Waals surface area contributed by atoms with E-state index in [-0.39, 0.29) is 47.0 Å². The van der Waals surface area contributed by atoms with Crippen LogP contribution < -0.4 is 25.3 Å². The van der Waals surface area contributed by atoms with E-state index in [4.69, 9.17) is 31.5 Å². The van der Waals surface area contributed by atoms with Crippen LogP contribution in [0.3, 0.4) is 0 Å². The van der Waals surface area contributed by atoms with Crippen molar-refractivity contribution >= 4 is 23.4 Å². The summed E-state index contributed by atoms with van der Waals surface area (Å²) in [4.78, 5) is 23.5. The first kappa shape index (κ1) is 22.9. The molecule has 166 valence electrons. The van der Waals surface area contributed by atoms with E-state index in [0.717, 1.165) is 5.56 Å². The highest BCUT2D eigenvalue weighted by atomic mass is 35.5. The molecule has 32 heavy (non-hydrogen) atoms. The number of halogens is 2. The average Bonchev–Trinajstić information content (AvgIpc) is 2.78. The van der Waals surface area contributed by atoms with Gasteiger partial charge >= 0.3 is 0 Å². The van der Waals surface area contributed by atoms with Crippen molar-refractivity contribution in [1.29, 1.82) is 0 Å². The topological polar surface area (TPSA) is 99.9 Å². The molecule has 3 aromatic rings. The molecule has 0 radical (unpaired) electrons. The van der Waals surface area contributed by atoms with Crippen molar-refractivity contribution in [3.63, 3.8) is 0 Å². The van der Waals surface area contributed by atoms with Gasteiger partial charge < -0.3 is 25.3 Å². The van der Waals surface area contributed by atoms with E-state index in [9.17, 15) is 14.0 Å². The number of methoxy groups -OCH3 is 1. The van der Waals surface area contributed by atoms with E-state index >= 15 is 0 Å². The Kier molecular flexibility index (Phi) is 7.51. The largest absolute Gasteiger partial charge is 0.493 e. The van der Waals surface area contributed by atoms with Gasteiger partial charge in [-0.2, -0.15) is 0 Å². The number of hydrogen-bond donors (Lipinski definition) is 2. The molecule has 0 saturated carbocycles. The van der Waals surface area contributed by atoms with Crippen LogP contribution in [0, 0.1) is 5.82 Å². The van der Waals surface area contributed by atoms with Crippen molar-refractivity contribution in [3.05, 3.63) is 82.6 Å². The van der Waals surface area contributed by atoms with Gasteiger partial charge in [0.1, 0.15) is 17.3 Å². The molecule has 0 spiro atoms. The van der Waals surface area contributed by atoms with Gasteiger partial charge in [0.05, 0.1) is 12.1 Å². The molecule has 0 heterocycles. The van der Waals surface area contributed by atoms with Crippen LogP contribution in [0.5, 0.6) is 23.0 Å². The molecule has 0 fully saturated rings. The zero-order valence-corrected chi connectivity index (χ0v) is 17.8. The number of primary amides is 1. The van der Waals surface area contributed by atoms with Gasteiger partial charge in [0.2, 0.25) is 0 Å². The minimum absolute atomic E-state index is 0.109. The van der Waals surface area contributed by atoms with Gasteiger partial charge in [-0.3, -0.25) is 9.59 Å². The molecular weight excluding hydrogens is 439 g/mol. The minimum Gasteiger partial charge on any atom is -0.493 e. The van der Waals surface area contributed by atoms with Crippen LogP contribution in [-0.2, 0) is 11.3 Å². The van der Waals surface area contributed by atoms with Crippen molar-refractivity contribution in [2.24, 2.45) is 5.73 Å². The monoisotopic (exact) mass is 458 g/mol. The normalized spacial score (nSPS) is 10.3. The molecule has 2 amide bonds. The summed E-state index contributed by atoms with van der Waals surface area (Å²) in [6.45, 7) is -0.113. The Morgan fingerprint density at radius 1 is 1.03 bits per heavy atom. The molecular formula is C23H20ClFN2O5. The van der Waals surface area contributed by atoms with Gasteiger partial charge in [-0.25, -0.2) is 4.39 Å². The number of nitrogens with one attached hydrogen (secondary N) is 1. The molecule has 0 aliphatic rings. The van der Waals surface area contributed by atoms with Crippen molar-refractivity contribution in [2.75, 3.05) is 13.7 Å². The Bertz CT molecular complexity index is 1100. The molecule has 0 aliphatic heterocycles. The van der Waals surface area contributed by atoms with Crippen LogP contribution >= 0.6 is 11.6 Å². The van der Waals surface area contributed by atoms with E-state index < -0.39 is 5.91 Å². The van der Waals surface area contributed by atoms with Crippen LogP contribution in [0.1, 0.15) is 15.9 Å². The van der Waals surface area contributed by atoms with Crippen molar-refractivity contribution in [2.45, 2.75) is 6.54 Å². The third-order valence-corrected chi connectivity index (χ3v) is 4.56. The lowest BCUT2D eigenvalue weighted by atomic mass is 10.1. The maximum absolute atomic E-state index is 13.0. The standard InChI is InChI=1S/C23H20ClFN2O5/c1-30-20-11-15(10-19(24)22(20)31-13-21(26)28)23(29)27-12-14-2-6-17(7-3-14)32-18-8-4-16(25)5-9-18/h2-11H,12-13H2,1H3,(H2,26,28)(H,27,29). The predicted octanol–water partition coefficient (Wildman–Crippen LogP) is 4.07. The Labute approximate surface area is 188 Å². The molecule has 0 saturated heterocycles. The molecule has 3 rings (SSSR count). The first-order valence-electron chi connectivity index (χ1n) is 9.45. The van der Waals surface area contributed by atoms with Crippen molar-refractivity contribution in [1.82, 2.24) is 5.32 Å². The van der Waals surface area contributed by atoms with Crippen molar-refractivity contribution < 1.29 is 28.2 Å². The van der Waals surface area contributed by atoms with Gasteiger partial charge in [0, 0.05) is 12.1 Å². The fourth-order valence-corrected chi connectivity index (χ4v) is 3.00. The molecule has 3 N–H and O–H groups in total. The number of nitrogens with two attached hydrogens (primary N) is 1. The lowest BCUT2D eigenvalue weighted by molar-refractivity contribution is -0.119. The smallest absolute Gasteiger partial charge is 0.255 e. The fraction of sp³-hybridized carbons (Fsp3) is 0.130. The molecule has 0 aliphatic carbocycles. The second-order valence-electron chi connectivity index (χ2n) is 6.63. The zero-order valence-electron chi connectivity index (χ0n) is 17.1. The fourth-order valence-electron chi connectivity index (χ4n) is 2.73. The van der Waals surface area contributed by atoms with Crippen LogP contribution in [0.4, 0.5) is 4.39 Å². The Hall–Kier alpha value is -3.78. The van der Waals surface area contributed by atoms with E-state index in [0.29, 0.717) is 11.5 Å². The summed E-state index contributed by atoms with van der Waals surface area (Å²) in [7, 11) is 1.39. The summed E-state index contributed by atoms with van der Waals surface area (Å²) in [6.07, 6.45) is 0. The zero-order chi connectivity index (χ0) is 23.1. The van der Waals surface area contributed by atoms with Crippen molar-refractivity contribution in [3.8, 4) is 23.0 Å². The summed E-state index contributed by atoms with van der Waals surface area (Å²) >= 11 is 6.18.